The van der Waals surface area contributed by atoms with Crippen LogP contribution < -0.4 is 5.32 Å². The smallest absolute Gasteiger partial charge is 0.146 e. The largest absolute Gasteiger partial charge is 0.381 e. The van der Waals surface area contributed by atoms with Gasteiger partial charge in [-0.15, -0.1) is 10.2 Å². The van der Waals surface area contributed by atoms with E-state index in [1.54, 1.807) is 6.33 Å². The molecule has 0 saturated carbocycles. The van der Waals surface area contributed by atoms with E-state index in [4.69, 9.17) is 4.74 Å². The van der Waals surface area contributed by atoms with E-state index >= 15 is 0 Å². The van der Waals surface area contributed by atoms with Crippen molar-refractivity contribution < 1.29 is 4.74 Å². The van der Waals surface area contributed by atoms with E-state index in [1.807, 2.05) is 0 Å². The number of rotatable bonds is 5. The highest BCUT2D eigenvalue weighted by Gasteiger charge is 2.15. The summed E-state index contributed by atoms with van der Waals surface area (Å²) >= 11 is 0. The molecule has 1 unspecified atom stereocenters. The van der Waals surface area contributed by atoms with Crippen LogP contribution in [0.3, 0.4) is 0 Å². The van der Waals surface area contributed by atoms with Crippen LogP contribution in [0.25, 0.3) is 0 Å². The van der Waals surface area contributed by atoms with E-state index in [9.17, 15) is 0 Å². The van der Waals surface area contributed by atoms with Crippen molar-refractivity contribution in [2.75, 3.05) is 19.8 Å². The third-order valence-electron chi connectivity index (χ3n) is 2.78. The molecule has 0 bridgehead atoms. The van der Waals surface area contributed by atoms with Crippen LogP contribution >= 0.6 is 0 Å². The fourth-order valence-corrected chi connectivity index (χ4v) is 1.81. The number of ether oxygens (including phenoxy) is 1. The molecule has 0 amide bonds. The number of hydrogen-bond donors (Lipinski definition) is 1. The molecule has 0 spiro atoms. The average molecular weight is 210 g/mol. The Bertz CT molecular complexity index is 293. The molecule has 1 fully saturated rings. The van der Waals surface area contributed by atoms with E-state index in [2.05, 4.69) is 27.0 Å². The fraction of sp³-hybridized carbons (Fsp3) is 0.800. The minimum Gasteiger partial charge on any atom is -0.381 e. The number of aromatic nitrogens is 3. The Labute approximate surface area is 89.8 Å². The van der Waals surface area contributed by atoms with Gasteiger partial charge in [-0.3, -0.25) is 0 Å². The first-order valence-electron chi connectivity index (χ1n) is 5.55. The number of hydrogen-bond acceptors (Lipinski definition) is 4. The normalized spacial score (nSPS) is 21.0. The van der Waals surface area contributed by atoms with Gasteiger partial charge >= 0.3 is 0 Å². The second kappa shape index (κ2) is 5.23. The van der Waals surface area contributed by atoms with Crippen LogP contribution in [-0.4, -0.2) is 34.5 Å². The number of nitrogens with zero attached hydrogens (tertiary/aromatic N) is 3. The van der Waals surface area contributed by atoms with Crippen molar-refractivity contribution in [3.8, 4) is 0 Å². The SMILES string of the molecule is CCn1cnnc1CNCC1CCOC1. The van der Waals surface area contributed by atoms with Gasteiger partial charge in [0.2, 0.25) is 0 Å². The van der Waals surface area contributed by atoms with E-state index in [0.717, 1.165) is 38.7 Å². The maximum absolute atomic E-state index is 5.32. The topological polar surface area (TPSA) is 52.0 Å². The summed E-state index contributed by atoms with van der Waals surface area (Å²) in [7, 11) is 0. The Morgan fingerprint density at radius 2 is 2.60 bits per heavy atom. The summed E-state index contributed by atoms with van der Waals surface area (Å²) in [5.74, 6) is 1.68. The van der Waals surface area contributed by atoms with Gasteiger partial charge in [0.05, 0.1) is 13.2 Å². The molecule has 1 N–H and O–H groups in total. The van der Waals surface area contributed by atoms with Crippen molar-refractivity contribution >= 4 is 0 Å². The monoisotopic (exact) mass is 210 g/mol. The molecule has 0 radical (unpaired) electrons. The number of aryl methyl sites for hydroxylation is 1. The van der Waals surface area contributed by atoms with E-state index in [0.29, 0.717) is 5.92 Å². The molecule has 2 heterocycles. The van der Waals surface area contributed by atoms with Gasteiger partial charge in [-0.2, -0.15) is 0 Å². The molecular formula is C10H18N4O. The minimum absolute atomic E-state index is 0.669. The second-order valence-electron chi connectivity index (χ2n) is 3.89. The molecule has 1 aromatic heterocycles. The van der Waals surface area contributed by atoms with Gasteiger partial charge in [-0.25, -0.2) is 0 Å². The zero-order chi connectivity index (χ0) is 10.5. The van der Waals surface area contributed by atoms with Crippen LogP contribution in [0, 0.1) is 5.92 Å². The van der Waals surface area contributed by atoms with Crippen molar-refractivity contribution in [2.24, 2.45) is 5.92 Å². The Morgan fingerprint density at radius 1 is 1.67 bits per heavy atom. The van der Waals surface area contributed by atoms with Gasteiger partial charge in [0.25, 0.3) is 0 Å². The molecule has 5 nitrogen and oxygen atoms in total. The highest BCUT2D eigenvalue weighted by atomic mass is 16.5. The van der Waals surface area contributed by atoms with Crippen LogP contribution in [0.5, 0.6) is 0 Å². The Hall–Kier alpha value is -0.940. The summed E-state index contributed by atoms with van der Waals surface area (Å²) in [4.78, 5) is 0. The highest BCUT2D eigenvalue weighted by molar-refractivity contribution is 4.84. The Balaban J connectivity index is 1.73. The fourth-order valence-electron chi connectivity index (χ4n) is 1.81. The van der Waals surface area contributed by atoms with E-state index in [1.165, 1.54) is 6.42 Å². The summed E-state index contributed by atoms with van der Waals surface area (Å²) in [6.45, 7) is 6.64. The van der Waals surface area contributed by atoms with E-state index in [-0.39, 0.29) is 0 Å². The molecule has 1 aliphatic rings. The van der Waals surface area contributed by atoms with Crippen molar-refractivity contribution in [2.45, 2.75) is 26.4 Å². The van der Waals surface area contributed by atoms with Gasteiger partial charge in [-0.05, 0) is 19.3 Å². The third kappa shape index (κ3) is 2.76. The third-order valence-corrected chi connectivity index (χ3v) is 2.78. The van der Waals surface area contributed by atoms with Crippen LogP contribution in [0.4, 0.5) is 0 Å². The summed E-state index contributed by atoms with van der Waals surface area (Å²) in [6, 6.07) is 0. The molecule has 15 heavy (non-hydrogen) atoms. The highest BCUT2D eigenvalue weighted by Crippen LogP contribution is 2.10. The predicted octanol–water partition coefficient (Wildman–Crippen LogP) is 0.424. The van der Waals surface area contributed by atoms with Gasteiger partial charge in [0.1, 0.15) is 12.2 Å². The summed E-state index contributed by atoms with van der Waals surface area (Å²) in [5, 5.41) is 11.4. The molecule has 2 rings (SSSR count). The molecule has 1 aliphatic heterocycles. The van der Waals surface area contributed by atoms with Crippen molar-refractivity contribution in [3.63, 3.8) is 0 Å². The van der Waals surface area contributed by atoms with Crippen LogP contribution in [0.1, 0.15) is 19.2 Å². The lowest BCUT2D eigenvalue weighted by molar-refractivity contribution is 0.185. The van der Waals surface area contributed by atoms with Gasteiger partial charge in [-0.1, -0.05) is 0 Å². The van der Waals surface area contributed by atoms with Crippen LogP contribution in [-0.2, 0) is 17.8 Å². The molecule has 0 aliphatic carbocycles. The number of nitrogens with one attached hydrogen (secondary N) is 1. The lowest BCUT2D eigenvalue weighted by Gasteiger charge is -2.09. The second-order valence-corrected chi connectivity index (χ2v) is 3.89. The van der Waals surface area contributed by atoms with Gasteiger partial charge in [0, 0.05) is 19.7 Å². The lowest BCUT2D eigenvalue weighted by Crippen LogP contribution is -2.24. The molecule has 1 aromatic rings. The zero-order valence-corrected chi connectivity index (χ0v) is 9.15. The predicted molar refractivity (Wildman–Crippen MR) is 56.3 cm³/mol. The van der Waals surface area contributed by atoms with Gasteiger partial charge in [0.15, 0.2) is 0 Å². The summed E-state index contributed by atoms with van der Waals surface area (Å²) < 4.78 is 7.37. The van der Waals surface area contributed by atoms with Gasteiger partial charge < -0.3 is 14.6 Å². The summed E-state index contributed by atoms with van der Waals surface area (Å²) in [6.07, 6.45) is 2.95. The van der Waals surface area contributed by atoms with Crippen LogP contribution in [0.2, 0.25) is 0 Å². The van der Waals surface area contributed by atoms with E-state index < -0.39 is 0 Å². The van der Waals surface area contributed by atoms with Crippen molar-refractivity contribution in [1.82, 2.24) is 20.1 Å². The van der Waals surface area contributed by atoms with Crippen molar-refractivity contribution in [3.05, 3.63) is 12.2 Å². The quantitative estimate of drug-likeness (QED) is 0.765. The summed E-state index contributed by atoms with van der Waals surface area (Å²) in [5.41, 5.74) is 0. The van der Waals surface area contributed by atoms with Crippen LogP contribution in [0.15, 0.2) is 6.33 Å². The average Bonchev–Trinajstić information content (AvgIpc) is 2.88. The Morgan fingerprint density at radius 3 is 3.33 bits per heavy atom. The molecule has 1 saturated heterocycles. The lowest BCUT2D eigenvalue weighted by atomic mass is 10.1. The molecule has 84 valence electrons. The maximum Gasteiger partial charge on any atom is 0.146 e. The first-order valence-corrected chi connectivity index (χ1v) is 5.55. The molecule has 1 atom stereocenters. The molecule has 5 heteroatoms. The maximum atomic E-state index is 5.32. The zero-order valence-electron chi connectivity index (χ0n) is 9.15. The Kier molecular flexibility index (Phi) is 3.69. The standard InChI is InChI=1S/C10H18N4O/c1-2-14-8-12-13-10(14)6-11-5-9-3-4-15-7-9/h8-9,11H,2-7H2,1H3. The first-order chi connectivity index (χ1) is 7.40. The minimum atomic E-state index is 0.669. The first kappa shape index (κ1) is 10.6. The molecule has 0 aromatic carbocycles. The van der Waals surface area contributed by atoms with Crippen molar-refractivity contribution in [1.29, 1.82) is 0 Å². The molecular weight excluding hydrogens is 192 g/mol.